The summed E-state index contributed by atoms with van der Waals surface area (Å²) < 4.78 is 11.7. The predicted octanol–water partition coefficient (Wildman–Crippen LogP) is 4.87. The Hall–Kier alpha value is -3.98. The van der Waals surface area contributed by atoms with Crippen LogP contribution in [0.4, 0.5) is 11.5 Å². The smallest absolute Gasteiger partial charge is 0.199 e. The highest BCUT2D eigenvalue weighted by molar-refractivity contribution is 5.93. The lowest BCUT2D eigenvalue weighted by Crippen LogP contribution is -2.22. The molecule has 0 saturated carbocycles. The zero-order valence-electron chi connectivity index (χ0n) is 22.4. The maximum Gasteiger partial charge on any atom is 0.199 e. The number of aromatic nitrogens is 3. The van der Waals surface area contributed by atoms with Gasteiger partial charge in [0.15, 0.2) is 11.8 Å². The zero-order chi connectivity index (χ0) is 26.7. The third-order valence-electron chi connectivity index (χ3n) is 6.63. The molecule has 4 N–H and O–H groups in total. The summed E-state index contributed by atoms with van der Waals surface area (Å²) in [6.45, 7) is 10.2. The van der Waals surface area contributed by atoms with Gasteiger partial charge in [-0.3, -0.25) is 0 Å². The van der Waals surface area contributed by atoms with Gasteiger partial charge in [-0.2, -0.15) is 4.99 Å². The van der Waals surface area contributed by atoms with E-state index in [0.29, 0.717) is 12.2 Å². The molecule has 0 bridgehead atoms. The molecule has 1 aliphatic rings. The molecule has 198 valence electrons. The molecule has 2 aromatic heterocycles. The molecule has 1 aliphatic heterocycles. The van der Waals surface area contributed by atoms with Gasteiger partial charge in [-0.1, -0.05) is 45.0 Å². The van der Waals surface area contributed by atoms with Crippen molar-refractivity contribution in [3.63, 3.8) is 0 Å². The number of nitrogens with two attached hydrogens (primary N) is 1. The minimum atomic E-state index is -0.150. The van der Waals surface area contributed by atoms with E-state index in [1.165, 1.54) is 5.56 Å². The molecule has 5 rings (SSSR count). The van der Waals surface area contributed by atoms with Gasteiger partial charge in [0.25, 0.3) is 0 Å². The van der Waals surface area contributed by atoms with E-state index in [2.05, 4.69) is 76.6 Å². The summed E-state index contributed by atoms with van der Waals surface area (Å²) in [6, 6.07) is 14.1. The van der Waals surface area contributed by atoms with Crippen LogP contribution in [0.25, 0.3) is 10.9 Å². The van der Waals surface area contributed by atoms with Gasteiger partial charge in [0.2, 0.25) is 0 Å². The minimum absolute atomic E-state index is 0.150. The van der Waals surface area contributed by atoms with Crippen LogP contribution in [0.1, 0.15) is 56.7 Å². The Bertz CT molecular complexity index is 1450. The number of guanidine groups is 1. The standard InChI is InChI=1S/C29H35N7O2/c1-5-19-13-22-23(32-17-33-24(22)14-25(19)37-21-9-10-31-16-21)12-18-7-6-8-20(11-18)34-28(30)35-27-15-26(38-36-27)29(2,3)4/h6-8,11,13-15,17,21,31H,5,9-10,12,16H2,1-4H3,(H3,30,34,35,36)/t21-/m1/s1. The number of benzene rings is 2. The SMILES string of the molecule is CCc1cc2c(Cc3cccc(NC(N)=Nc4cc(C(C)(C)C)on4)c3)ncnc2cc1O[C@@H]1CCNC1. The topological polar surface area (TPSA) is 123 Å². The second-order valence-corrected chi connectivity index (χ2v) is 10.7. The quantitative estimate of drug-likeness (QED) is 0.236. The van der Waals surface area contributed by atoms with E-state index >= 15 is 0 Å². The van der Waals surface area contributed by atoms with Crippen molar-refractivity contribution in [3.05, 3.63) is 71.4 Å². The van der Waals surface area contributed by atoms with Crippen LogP contribution >= 0.6 is 0 Å². The summed E-state index contributed by atoms with van der Waals surface area (Å²) in [5.41, 5.74) is 11.0. The Kier molecular flexibility index (Phi) is 7.28. The van der Waals surface area contributed by atoms with Crippen molar-refractivity contribution in [2.75, 3.05) is 18.4 Å². The van der Waals surface area contributed by atoms with Gasteiger partial charge in [0.05, 0.1) is 11.2 Å². The number of nitrogens with zero attached hydrogens (tertiary/aromatic N) is 4. The molecule has 0 spiro atoms. The van der Waals surface area contributed by atoms with Crippen LogP contribution in [0.3, 0.4) is 0 Å². The monoisotopic (exact) mass is 513 g/mol. The van der Waals surface area contributed by atoms with Crippen molar-refractivity contribution in [3.8, 4) is 5.75 Å². The first-order chi connectivity index (χ1) is 18.3. The van der Waals surface area contributed by atoms with Crippen molar-refractivity contribution in [2.45, 2.75) is 58.5 Å². The Morgan fingerprint density at radius 1 is 1.21 bits per heavy atom. The highest BCUT2D eigenvalue weighted by atomic mass is 16.5. The first-order valence-corrected chi connectivity index (χ1v) is 13.1. The molecule has 0 aliphatic carbocycles. The summed E-state index contributed by atoms with van der Waals surface area (Å²) in [5, 5.41) is 11.6. The van der Waals surface area contributed by atoms with E-state index in [1.807, 2.05) is 18.2 Å². The van der Waals surface area contributed by atoms with Gasteiger partial charge in [-0.05, 0) is 48.7 Å². The fourth-order valence-electron chi connectivity index (χ4n) is 4.54. The van der Waals surface area contributed by atoms with Crippen molar-refractivity contribution < 1.29 is 9.26 Å². The number of aliphatic imine (C=N–C) groups is 1. The summed E-state index contributed by atoms with van der Waals surface area (Å²) in [5.74, 6) is 2.34. The molecule has 0 radical (unpaired) electrons. The van der Waals surface area contributed by atoms with Gasteiger partial charge < -0.3 is 25.6 Å². The Morgan fingerprint density at radius 2 is 2.08 bits per heavy atom. The molecular weight excluding hydrogens is 478 g/mol. The Morgan fingerprint density at radius 3 is 2.82 bits per heavy atom. The first-order valence-electron chi connectivity index (χ1n) is 13.1. The average molecular weight is 514 g/mol. The predicted molar refractivity (Wildman–Crippen MR) is 150 cm³/mol. The van der Waals surface area contributed by atoms with Crippen LogP contribution < -0.4 is 21.1 Å². The average Bonchev–Trinajstić information content (AvgIpc) is 3.56. The molecule has 2 aromatic carbocycles. The lowest BCUT2D eigenvalue weighted by molar-refractivity contribution is 0.221. The number of aryl methyl sites for hydroxylation is 1. The molecule has 1 atom stereocenters. The van der Waals surface area contributed by atoms with Crippen molar-refractivity contribution in [2.24, 2.45) is 10.7 Å². The van der Waals surface area contributed by atoms with E-state index in [9.17, 15) is 0 Å². The van der Waals surface area contributed by atoms with Crippen molar-refractivity contribution in [1.29, 1.82) is 0 Å². The third-order valence-corrected chi connectivity index (χ3v) is 6.63. The second kappa shape index (κ2) is 10.8. The molecule has 9 nitrogen and oxygen atoms in total. The number of anilines is 1. The van der Waals surface area contributed by atoms with Crippen LogP contribution in [0, 0.1) is 0 Å². The number of fused-ring (bicyclic) bond motifs is 1. The van der Waals surface area contributed by atoms with E-state index < -0.39 is 0 Å². The first kappa shape index (κ1) is 25.7. The van der Waals surface area contributed by atoms with Crippen LogP contribution in [-0.4, -0.2) is 40.3 Å². The van der Waals surface area contributed by atoms with Crippen LogP contribution in [0.5, 0.6) is 5.75 Å². The lowest BCUT2D eigenvalue weighted by atomic mass is 9.93. The Balaban J connectivity index is 1.34. The fourth-order valence-corrected chi connectivity index (χ4v) is 4.54. The molecule has 4 aromatic rings. The van der Waals surface area contributed by atoms with E-state index in [1.54, 1.807) is 12.4 Å². The van der Waals surface area contributed by atoms with Gasteiger partial charge in [0.1, 0.15) is 23.9 Å². The molecule has 9 heteroatoms. The van der Waals surface area contributed by atoms with Crippen LogP contribution in [-0.2, 0) is 18.3 Å². The van der Waals surface area contributed by atoms with Gasteiger partial charge in [-0.25, -0.2) is 9.97 Å². The lowest BCUT2D eigenvalue weighted by Gasteiger charge is -2.17. The normalized spacial score (nSPS) is 16.2. The van der Waals surface area contributed by atoms with E-state index in [0.717, 1.165) is 65.3 Å². The maximum absolute atomic E-state index is 6.31. The third kappa shape index (κ3) is 5.94. The number of hydrogen-bond acceptors (Lipinski definition) is 7. The van der Waals surface area contributed by atoms with E-state index in [4.69, 9.17) is 15.0 Å². The number of nitrogens with one attached hydrogen (secondary N) is 2. The maximum atomic E-state index is 6.31. The highest BCUT2D eigenvalue weighted by Crippen LogP contribution is 2.30. The molecule has 38 heavy (non-hydrogen) atoms. The number of ether oxygens (including phenoxy) is 1. The summed E-state index contributed by atoms with van der Waals surface area (Å²) in [4.78, 5) is 13.5. The number of hydrogen-bond donors (Lipinski definition) is 3. The van der Waals surface area contributed by atoms with Crippen LogP contribution in [0.15, 0.2) is 58.3 Å². The largest absolute Gasteiger partial charge is 0.489 e. The second-order valence-electron chi connectivity index (χ2n) is 10.7. The Labute approximate surface area is 222 Å². The summed E-state index contributed by atoms with van der Waals surface area (Å²) in [7, 11) is 0. The summed E-state index contributed by atoms with van der Waals surface area (Å²) in [6.07, 6.45) is 4.38. The molecule has 0 amide bonds. The minimum Gasteiger partial charge on any atom is -0.489 e. The molecule has 0 unspecified atom stereocenters. The number of rotatable bonds is 7. The van der Waals surface area contributed by atoms with Crippen molar-refractivity contribution >= 4 is 28.4 Å². The fraction of sp³-hybridized carbons (Fsp3) is 0.379. The highest BCUT2D eigenvalue weighted by Gasteiger charge is 2.20. The van der Waals surface area contributed by atoms with Gasteiger partial charge in [0, 0.05) is 41.6 Å². The van der Waals surface area contributed by atoms with Crippen molar-refractivity contribution in [1.82, 2.24) is 20.4 Å². The molecule has 3 heterocycles. The van der Waals surface area contributed by atoms with E-state index in [-0.39, 0.29) is 17.5 Å². The van der Waals surface area contributed by atoms with Gasteiger partial charge in [-0.15, -0.1) is 0 Å². The molecule has 1 fully saturated rings. The molecule has 1 saturated heterocycles. The van der Waals surface area contributed by atoms with Crippen LogP contribution in [0.2, 0.25) is 0 Å². The zero-order valence-corrected chi connectivity index (χ0v) is 22.4. The van der Waals surface area contributed by atoms with Gasteiger partial charge >= 0.3 is 0 Å². The summed E-state index contributed by atoms with van der Waals surface area (Å²) >= 11 is 0. The molecular formula is C29H35N7O2.